The number of likely N-dealkylation sites (tertiary alicyclic amines) is 1. The van der Waals surface area contributed by atoms with Crippen molar-refractivity contribution in [3.8, 4) is 5.75 Å². The minimum absolute atomic E-state index is 0.0262. The second-order valence-electron chi connectivity index (χ2n) is 21.8. The molecule has 11 atom stereocenters. The fourth-order valence-corrected chi connectivity index (χ4v) is 16.6. The van der Waals surface area contributed by atoms with Crippen LogP contribution in [0.5, 0.6) is 5.75 Å². The lowest BCUT2D eigenvalue weighted by atomic mass is 9.33. The van der Waals surface area contributed by atoms with Gasteiger partial charge in [-0.25, -0.2) is 0 Å². The molecule has 1 aliphatic heterocycles. The second kappa shape index (κ2) is 15.6. The minimum atomic E-state index is -0.918. The second-order valence-corrected chi connectivity index (χ2v) is 23.5. The van der Waals surface area contributed by atoms with E-state index >= 15 is 0 Å². The number of rotatable bonds is 11. The molecule has 5 fully saturated rings. The van der Waals surface area contributed by atoms with Crippen LogP contribution in [0.1, 0.15) is 131 Å². The van der Waals surface area contributed by atoms with Crippen LogP contribution in [-0.2, 0) is 15.6 Å². The predicted octanol–water partition coefficient (Wildman–Crippen LogP) is 10.0. The maximum atomic E-state index is 12.7. The number of hydrogen-bond acceptors (Lipinski definition) is 6. The Bertz CT molecular complexity index is 1820. The van der Waals surface area contributed by atoms with E-state index in [1.165, 1.54) is 68.1 Å². The summed E-state index contributed by atoms with van der Waals surface area (Å²) in [5.41, 5.74) is 4.41. The van der Waals surface area contributed by atoms with Crippen LogP contribution in [-0.4, -0.2) is 75.0 Å². The van der Waals surface area contributed by atoms with Crippen LogP contribution < -0.4 is 10.1 Å². The van der Waals surface area contributed by atoms with E-state index in [9.17, 15) is 14.1 Å². The highest BCUT2D eigenvalue weighted by molar-refractivity contribution is 7.84. The number of carboxylic acid groups (broad SMARTS) is 1. The summed E-state index contributed by atoms with van der Waals surface area (Å²) < 4.78 is 18.1. The fraction of sp³-hybridized carbons (Fsp3) is 0.760. The summed E-state index contributed by atoms with van der Waals surface area (Å²) in [7, 11) is -0.703. The van der Waals surface area contributed by atoms with Gasteiger partial charge in [0.05, 0.1) is 6.20 Å². The number of aromatic nitrogens is 1. The molecular weight excluding hydrogens is 739 g/mol. The van der Waals surface area contributed by atoms with Crippen LogP contribution in [0.15, 0.2) is 60.0 Å². The molecule has 6 aliphatic carbocycles. The molecular formula is C50H75N3O4S. The van der Waals surface area contributed by atoms with Crippen molar-refractivity contribution in [3.05, 3.63) is 60.0 Å². The first kappa shape index (κ1) is 42.4. The van der Waals surface area contributed by atoms with E-state index in [0.29, 0.717) is 64.3 Å². The number of ether oxygens (including phenoxy) is 1. The number of piperidine rings is 1. The number of carbonyl (C=O) groups is 1. The molecule has 1 aromatic heterocycles. The third kappa shape index (κ3) is 6.84. The number of pyridine rings is 1. The molecule has 4 saturated carbocycles. The van der Waals surface area contributed by atoms with E-state index in [4.69, 9.17) is 4.74 Å². The Morgan fingerprint density at radius 1 is 0.966 bits per heavy atom. The molecule has 0 bridgehead atoms. The van der Waals surface area contributed by atoms with Gasteiger partial charge in [0.25, 0.3) is 0 Å². The van der Waals surface area contributed by atoms with E-state index in [1.54, 1.807) is 12.4 Å². The average Bonchev–Trinajstić information content (AvgIpc) is 3.58. The number of nitrogens with zero attached hydrogens (tertiary/aromatic N) is 2. The van der Waals surface area contributed by atoms with Gasteiger partial charge in [-0.05, 0) is 184 Å². The summed E-state index contributed by atoms with van der Waals surface area (Å²) >= 11 is 0. The Hall–Kier alpha value is -2.29. The molecule has 2 heterocycles. The third-order valence-electron chi connectivity index (χ3n) is 19.1. The van der Waals surface area contributed by atoms with Crippen molar-refractivity contribution in [2.24, 2.45) is 56.7 Å². The van der Waals surface area contributed by atoms with Gasteiger partial charge in [0, 0.05) is 47.1 Å². The monoisotopic (exact) mass is 814 g/mol. The van der Waals surface area contributed by atoms with Gasteiger partial charge in [0.2, 0.25) is 0 Å². The summed E-state index contributed by atoms with van der Waals surface area (Å²) in [6, 6.07) is 3.67. The number of carboxylic acids is 1. The molecule has 8 heteroatoms. The van der Waals surface area contributed by atoms with Crippen LogP contribution in [0, 0.1) is 56.7 Å². The lowest BCUT2D eigenvalue weighted by molar-refractivity contribution is -0.221. The molecule has 8 rings (SSSR count). The molecule has 7 nitrogen and oxygen atoms in total. The highest BCUT2D eigenvalue weighted by atomic mass is 32.2. The number of fused-ring (bicyclic) bond motifs is 7. The Morgan fingerprint density at radius 3 is 2.40 bits per heavy atom. The Morgan fingerprint density at radius 2 is 1.74 bits per heavy atom. The fourth-order valence-electron chi connectivity index (χ4n) is 15.7. The number of allylic oxidation sites excluding steroid dienone is 5. The lowest BCUT2D eigenvalue weighted by Crippen LogP contribution is -2.68. The first-order valence-corrected chi connectivity index (χ1v) is 24.7. The molecule has 0 aromatic carbocycles. The first-order valence-electron chi connectivity index (χ1n) is 23.1. The minimum Gasteiger partial charge on any atom is -0.491 e. The Labute approximate surface area is 353 Å². The van der Waals surface area contributed by atoms with Gasteiger partial charge in [-0.3, -0.25) is 14.0 Å². The molecule has 0 radical (unpaired) electrons. The van der Waals surface area contributed by atoms with E-state index in [0.717, 1.165) is 51.9 Å². The summed E-state index contributed by atoms with van der Waals surface area (Å²) in [6.07, 6.45) is 25.6. The molecule has 320 valence electrons. The number of hydrogen-bond donors (Lipinski definition) is 2. The Kier molecular flexibility index (Phi) is 11.4. The summed E-state index contributed by atoms with van der Waals surface area (Å²) in [5.74, 6) is 3.11. The van der Waals surface area contributed by atoms with Crippen LogP contribution in [0.25, 0.3) is 0 Å². The summed E-state index contributed by atoms with van der Waals surface area (Å²) in [6.45, 7) is 24.7. The topological polar surface area (TPSA) is 91.8 Å². The van der Waals surface area contributed by atoms with Crippen molar-refractivity contribution in [2.45, 2.75) is 142 Å². The zero-order valence-electron chi connectivity index (χ0n) is 37.0. The van der Waals surface area contributed by atoms with Crippen LogP contribution in [0.4, 0.5) is 0 Å². The maximum absolute atomic E-state index is 12.7. The van der Waals surface area contributed by atoms with E-state index in [2.05, 4.69) is 75.5 Å². The zero-order chi connectivity index (χ0) is 41.3. The van der Waals surface area contributed by atoms with E-state index in [1.807, 2.05) is 18.4 Å². The highest BCUT2D eigenvalue weighted by Crippen LogP contribution is 2.76. The van der Waals surface area contributed by atoms with Crippen molar-refractivity contribution in [1.29, 1.82) is 0 Å². The Balaban J connectivity index is 0.998. The van der Waals surface area contributed by atoms with Crippen LogP contribution in [0.2, 0.25) is 0 Å². The van der Waals surface area contributed by atoms with Crippen LogP contribution >= 0.6 is 0 Å². The molecule has 0 spiro atoms. The average molecular weight is 814 g/mol. The first-order chi connectivity index (χ1) is 27.5. The quantitative estimate of drug-likeness (QED) is 0.215. The molecule has 2 N–H and O–H groups in total. The molecule has 1 aromatic rings. The molecule has 0 amide bonds. The van der Waals surface area contributed by atoms with Crippen LogP contribution in [0.3, 0.4) is 0 Å². The van der Waals surface area contributed by atoms with E-state index < -0.39 is 22.2 Å². The summed E-state index contributed by atoms with van der Waals surface area (Å²) in [4.78, 5) is 19.5. The van der Waals surface area contributed by atoms with Gasteiger partial charge in [0.1, 0.15) is 17.8 Å². The van der Waals surface area contributed by atoms with Gasteiger partial charge in [-0.1, -0.05) is 58.9 Å². The summed E-state index contributed by atoms with van der Waals surface area (Å²) in [5, 5.41) is 15.2. The SMILES string of the molecule is C=C(C)[C@@H]1CC[C@]2(NCCN3CCC(S(C)=O)CC3)CC[C@]3(C)[C@H](CC[C@@H]4[C@@]5(C)CC=C(C6=CCC(COc7cccnc7)(C(=O)O)CC6)C(C)(C)[C@@H]5CC[C@]43C)[C@@H]12. The number of aliphatic carboxylic acids is 1. The van der Waals surface area contributed by atoms with Gasteiger partial charge >= 0.3 is 5.97 Å². The molecule has 7 aliphatic rings. The molecule has 1 saturated heterocycles. The van der Waals surface area contributed by atoms with Gasteiger partial charge in [-0.2, -0.15) is 0 Å². The number of nitrogens with one attached hydrogen (secondary N) is 1. The van der Waals surface area contributed by atoms with Gasteiger partial charge < -0.3 is 20.1 Å². The van der Waals surface area contributed by atoms with Crippen molar-refractivity contribution in [1.82, 2.24) is 15.2 Å². The van der Waals surface area contributed by atoms with Crippen molar-refractivity contribution >= 4 is 16.8 Å². The zero-order valence-corrected chi connectivity index (χ0v) is 37.9. The maximum Gasteiger partial charge on any atom is 0.313 e. The van der Waals surface area contributed by atoms with Gasteiger partial charge in [0.15, 0.2) is 0 Å². The predicted molar refractivity (Wildman–Crippen MR) is 236 cm³/mol. The highest BCUT2D eigenvalue weighted by Gasteiger charge is 2.70. The normalized spacial score (nSPS) is 41.8. The third-order valence-corrected chi connectivity index (χ3v) is 20.5. The molecule has 2 unspecified atom stereocenters. The largest absolute Gasteiger partial charge is 0.491 e. The van der Waals surface area contributed by atoms with Crippen molar-refractivity contribution in [3.63, 3.8) is 0 Å². The lowest BCUT2D eigenvalue weighted by Gasteiger charge is -2.72. The van der Waals surface area contributed by atoms with Crippen molar-refractivity contribution < 1.29 is 18.8 Å². The van der Waals surface area contributed by atoms with E-state index in [-0.39, 0.29) is 23.0 Å². The smallest absolute Gasteiger partial charge is 0.313 e. The standard InChI is InChI=1S/C50H75N3O4S/c1-34(2)38-15-24-50(52-28-31-53-29-18-37(19-30-53)58(8)56)26-25-47(6)40(43(38)50)11-12-42-46(5)20-16-39(45(3,4)41(46)17-21-48(42,47)7)35-13-22-49(23-14-35,44(54)55)33-57-36-10-9-27-51-32-36/h9-10,13,16,27,32,37-38,40-43,52H,1,11-12,14-15,17-26,28-31,33H2,2-8H3,(H,54,55)/t38-,40+,41-,42+,43+,46-,47+,48+,49?,50-,58?/m0/s1. The van der Waals surface area contributed by atoms with Crippen molar-refractivity contribution in [2.75, 3.05) is 39.0 Å². The molecule has 58 heavy (non-hydrogen) atoms. The van der Waals surface area contributed by atoms with Gasteiger partial charge in [-0.15, -0.1) is 0 Å².